The van der Waals surface area contributed by atoms with Crippen LogP contribution in [0.15, 0.2) is 35.7 Å². The fourth-order valence-corrected chi connectivity index (χ4v) is 1.09. The Morgan fingerprint density at radius 2 is 2.29 bits per heavy atom. The molecule has 0 aromatic heterocycles. The number of nitrogens with one attached hydrogen (secondary N) is 2. The zero-order valence-corrected chi connectivity index (χ0v) is 8.33. The van der Waals surface area contributed by atoms with E-state index in [1.54, 1.807) is 6.20 Å². The maximum Gasteiger partial charge on any atom is 0.103 e. The number of hydrogen-bond acceptors (Lipinski definition) is 3. The van der Waals surface area contributed by atoms with E-state index in [2.05, 4.69) is 19.2 Å². The van der Waals surface area contributed by atoms with Crippen molar-refractivity contribution in [1.82, 2.24) is 5.32 Å². The minimum atomic E-state index is -0.0165. The van der Waals surface area contributed by atoms with Crippen LogP contribution in [0.5, 0.6) is 0 Å². The SMILES string of the molecule is CC1(C)C=CN/C(=C(/C#N)C=N)C=C1. The number of rotatable bonds is 1. The molecule has 0 saturated carbocycles. The molecule has 0 aromatic rings. The van der Waals surface area contributed by atoms with Gasteiger partial charge >= 0.3 is 0 Å². The standard InChI is InChI=1S/C11H13N3/c1-11(2)4-3-10(14-6-5-11)9(7-12)8-13/h3-7,12,14H,1-2H3/b10-9+,12-7?. The van der Waals surface area contributed by atoms with Gasteiger partial charge in [-0.25, -0.2) is 0 Å². The molecule has 0 amide bonds. The minimum Gasteiger partial charge on any atom is -0.361 e. The van der Waals surface area contributed by atoms with Gasteiger partial charge in [0.05, 0.1) is 11.3 Å². The van der Waals surface area contributed by atoms with Crippen molar-refractivity contribution >= 4 is 6.21 Å². The predicted molar refractivity (Wildman–Crippen MR) is 56.6 cm³/mol. The molecule has 0 fully saturated rings. The molecule has 0 bridgehead atoms. The molecule has 2 N–H and O–H groups in total. The molecule has 0 saturated heterocycles. The van der Waals surface area contributed by atoms with Gasteiger partial charge in [0.1, 0.15) is 6.07 Å². The second-order valence-electron chi connectivity index (χ2n) is 3.72. The van der Waals surface area contributed by atoms with Crippen molar-refractivity contribution < 1.29 is 0 Å². The maximum atomic E-state index is 8.74. The molecule has 0 spiro atoms. The summed E-state index contributed by atoms with van der Waals surface area (Å²) in [5, 5.41) is 18.8. The third-order valence-electron chi connectivity index (χ3n) is 1.99. The van der Waals surface area contributed by atoms with E-state index < -0.39 is 0 Å². The third kappa shape index (κ3) is 2.33. The largest absolute Gasteiger partial charge is 0.361 e. The smallest absolute Gasteiger partial charge is 0.103 e. The predicted octanol–water partition coefficient (Wildman–Crippen LogP) is 2.11. The zero-order valence-electron chi connectivity index (χ0n) is 8.33. The van der Waals surface area contributed by atoms with E-state index in [4.69, 9.17) is 10.7 Å². The van der Waals surface area contributed by atoms with Gasteiger partial charge in [-0.05, 0) is 12.3 Å². The first-order valence-electron chi connectivity index (χ1n) is 4.37. The highest BCUT2D eigenvalue weighted by Gasteiger charge is 2.12. The summed E-state index contributed by atoms with van der Waals surface area (Å²) in [7, 11) is 0. The summed E-state index contributed by atoms with van der Waals surface area (Å²) < 4.78 is 0. The molecule has 0 atom stereocenters. The van der Waals surface area contributed by atoms with Crippen LogP contribution in [0.25, 0.3) is 0 Å². The summed E-state index contributed by atoms with van der Waals surface area (Å²) in [6.07, 6.45) is 8.70. The van der Waals surface area contributed by atoms with Crippen molar-refractivity contribution in [1.29, 1.82) is 10.7 Å². The molecule has 1 heterocycles. The van der Waals surface area contributed by atoms with E-state index >= 15 is 0 Å². The third-order valence-corrected chi connectivity index (χ3v) is 1.99. The van der Waals surface area contributed by atoms with Crippen LogP contribution < -0.4 is 5.32 Å². The fraction of sp³-hybridized carbons (Fsp3) is 0.273. The summed E-state index contributed by atoms with van der Waals surface area (Å²) in [5.41, 5.74) is 0.991. The van der Waals surface area contributed by atoms with E-state index in [9.17, 15) is 0 Å². The molecule has 0 radical (unpaired) electrons. The lowest BCUT2D eigenvalue weighted by Crippen LogP contribution is -2.05. The van der Waals surface area contributed by atoms with Crippen LogP contribution >= 0.6 is 0 Å². The van der Waals surface area contributed by atoms with Crippen molar-refractivity contribution in [3.05, 3.63) is 35.7 Å². The molecular weight excluding hydrogens is 174 g/mol. The zero-order chi connectivity index (χ0) is 10.6. The van der Waals surface area contributed by atoms with Crippen molar-refractivity contribution in [2.75, 3.05) is 0 Å². The number of allylic oxidation sites excluding steroid dienone is 4. The second-order valence-corrected chi connectivity index (χ2v) is 3.72. The van der Waals surface area contributed by atoms with Crippen molar-refractivity contribution in [2.24, 2.45) is 5.41 Å². The van der Waals surface area contributed by atoms with E-state index in [1.165, 1.54) is 0 Å². The summed E-state index contributed by atoms with van der Waals surface area (Å²) in [6, 6.07) is 1.97. The Hall–Kier alpha value is -1.82. The number of hydrogen-bond donors (Lipinski definition) is 2. The van der Waals surface area contributed by atoms with E-state index in [0.29, 0.717) is 11.3 Å². The number of nitriles is 1. The minimum absolute atomic E-state index is 0.0165. The Morgan fingerprint density at radius 3 is 2.86 bits per heavy atom. The van der Waals surface area contributed by atoms with E-state index in [1.807, 2.05) is 24.3 Å². The lowest BCUT2D eigenvalue weighted by Gasteiger charge is -2.11. The van der Waals surface area contributed by atoms with Crippen LogP contribution in [0.2, 0.25) is 0 Å². The molecule has 14 heavy (non-hydrogen) atoms. The molecule has 3 nitrogen and oxygen atoms in total. The molecule has 0 aromatic carbocycles. The molecule has 1 aliphatic rings. The Balaban J connectivity index is 3.10. The molecule has 1 rings (SSSR count). The van der Waals surface area contributed by atoms with E-state index in [-0.39, 0.29) is 5.41 Å². The quantitative estimate of drug-likeness (QED) is 0.488. The lowest BCUT2D eigenvalue weighted by molar-refractivity contribution is 0.626. The van der Waals surface area contributed by atoms with Crippen LogP contribution in [0, 0.1) is 22.2 Å². The summed E-state index contributed by atoms with van der Waals surface area (Å²) >= 11 is 0. The highest BCUT2D eigenvalue weighted by molar-refractivity contribution is 5.83. The Kier molecular flexibility index (Phi) is 2.88. The van der Waals surface area contributed by atoms with Gasteiger partial charge < -0.3 is 10.7 Å². The average molecular weight is 187 g/mol. The first kappa shape index (κ1) is 10.3. The molecule has 1 aliphatic heterocycles. The molecular formula is C11H13N3. The topological polar surface area (TPSA) is 59.7 Å². The van der Waals surface area contributed by atoms with Crippen molar-refractivity contribution in [2.45, 2.75) is 13.8 Å². The van der Waals surface area contributed by atoms with Crippen LogP contribution in [-0.2, 0) is 0 Å². The van der Waals surface area contributed by atoms with Gasteiger partial charge in [0.15, 0.2) is 0 Å². The molecule has 0 aliphatic carbocycles. The Morgan fingerprint density at radius 1 is 1.57 bits per heavy atom. The van der Waals surface area contributed by atoms with E-state index in [0.717, 1.165) is 6.21 Å². The van der Waals surface area contributed by atoms with Gasteiger partial charge in [-0.2, -0.15) is 5.26 Å². The van der Waals surface area contributed by atoms with Crippen LogP contribution in [0.3, 0.4) is 0 Å². The monoisotopic (exact) mass is 187 g/mol. The van der Waals surface area contributed by atoms with Crippen LogP contribution in [0.1, 0.15) is 13.8 Å². The second kappa shape index (κ2) is 3.93. The van der Waals surface area contributed by atoms with Gasteiger partial charge in [0.25, 0.3) is 0 Å². The Bertz CT molecular complexity index is 364. The van der Waals surface area contributed by atoms with Crippen molar-refractivity contribution in [3.63, 3.8) is 0 Å². The van der Waals surface area contributed by atoms with Gasteiger partial charge in [-0.3, -0.25) is 0 Å². The normalized spacial score (nSPS) is 21.8. The highest BCUT2D eigenvalue weighted by atomic mass is 14.9. The molecule has 72 valence electrons. The average Bonchev–Trinajstić information content (AvgIpc) is 2.30. The van der Waals surface area contributed by atoms with Gasteiger partial charge in [-0.1, -0.05) is 26.0 Å². The Labute approximate surface area is 83.9 Å². The van der Waals surface area contributed by atoms with Gasteiger partial charge in [0.2, 0.25) is 0 Å². The fourth-order valence-electron chi connectivity index (χ4n) is 1.09. The number of nitrogens with zero attached hydrogens (tertiary/aromatic N) is 1. The van der Waals surface area contributed by atoms with Crippen LogP contribution in [0.4, 0.5) is 0 Å². The first-order valence-corrected chi connectivity index (χ1v) is 4.37. The van der Waals surface area contributed by atoms with Crippen LogP contribution in [-0.4, -0.2) is 6.21 Å². The summed E-state index contributed by atoms with van der Waals surface area (Å²) in [6.45, 7) is 4.14. The summed E-state index contributed by atoms with van der Waals surface area (Å²) in [4.78, 5) is 0. The molecule has 0 unspecified atom stereocenters. The molecule has 3 heteroatoms. The van der Waals surface area contributed by atoms with Gasteiger partial charge in [-0.15, -0.1) is 0 Å². The highest BCUT2D eigenvalue weighted by Crippen LogP contribution is 2.21. The first-order chi connectivity index (χ1) is 6.59. The van der Waals surface area contributed by atoms with Crippen molar-refractivity contribution in [3.8, 4) is 6.07 Å². The maximum absolute atomic E-state index is 8.74. The van der Waals surface area contributed by atoms with Gasteiger partial charge in [0, 0.05) is 11.6 Å². The lowest BCUT2D eigenvalue weighted by atomic mass is 9.93. The summed E-state index contributed by atoms with van der Waals surface area (Å²) in [5.74, 6) is 0.